The van der Waals surface area contributed by atoms with Crippen molar-refractivity contribution >= 4 is 22.6 Å². The van der Waals surface area contributed by atoms with Gasteiger partial charge in [-0.3, -0.25) is 4.98 Å². The lowest BCUT2D eigenvalue weighted by Gasteiger charge is -2.32. The third-order valence-corrected chi connectivity index (χ3v) is 6.73. The molecule has 0 bridgehead atoms. The minimum Gasteiger partial charge on any atom is -0.339 e. The monoisotopic (exact) mass is 418 g/mol. The van der Waals surface area contributed by atoms with E-state index in [4.69, 9.17) is 0 Å². The fraction of sp³-hybridized carbons (Fsp3) is 0.462. The summed E-state index contributed by atoms with van der Waals surface area (Å²) in [6.07, 6.45) is 10.4. The van der Waals surface area contributed by atoms with E-state index in [0.29, 0.717) is 18.4 Å². The van der Waals surface area contributed by atoms with Gasteiger partial charge in [0.1, 0.15) is 0 Å². The van der Waals surface area contributed by atoms with Crippen molar-refractivity contribution in [1.29, 1.82) is 0 Å². The van der Waals surface area contributed by atoms with Crippen molar-refractivity contribution in [2.24, 2.45) is 0 Å². The summed E-state index contributed by atoms with van der Waals surface area (Å²) in [6.45, 7) is 9.29. The van der Waals surface area contributed by atoms with Crippen molar-refractivity contribution in [2.75, 3.05) is 11.9 Å². The maximum absolute atomic E-state index is 13.1. The number of nitrogens with one attached hydrogen (secondary N) is 2. The van der Waals surface area contributed by atoms with Crippen LogP contribution in [0, 0.1) is 0 Å². The molecule has 31 heavy (non-hydrogen) atoms. The molecule has 164 valence electrons. The van der Waals surface area contributed by atoms with Crippen LogP contribution in [0.25, 0.3) is 10.9 Å². The number of hydrogen-bond acceptors (Lipinski definition) is 2. The standard InChI is InChI=1S/C26H34N4O/c1-18(2)21-8-7-9-22(19(3)4)24(21)29-25(31)28-17-26(12-5-6-13-26)30-15-11-20-16-27-14-10-23(20)30/h7-11,14-16,18-19H,5-6,12-13,17H2,1-4H3,(H2,28,29,31). The summed E-state index contributed by atoms with van der Waals surface area (Å²) in [6, 6.07) is 10.4. The highest BCUT2D eigenvalue weighted by Gasteiger charge is 2.36. The average molecular weight is 419 g/mol. The zero-order valence-corrected chi connectivity index (χ0v) is 19.1. The molecular weight excluding hydrogens is 384 g/mol. The van der Waals surface area contributed by atoms with E-state index < -0.39 is 0 Å². The molecule has 0 unspecified atom stereocenters. The van der Waals surface area contributed by atoms with E-state index in [1.165, 1.54) is 29.5 Å². The van der Waals surface area contributed by atoms with Gasteiger partial charge in [-0.05, 0) is 47.9 Å². The summed E-state index contributed by atoms with van der Waals surface area (Å²) in [7, 11) is 0. The molecule has 1 aromatic carbocycles. The number of carbonyl (C=O) groups is 1. The van der Waals surface area contributed by atoms with Gasteiger partial charge in [0.25, 0.3) is 0 Å². The fourth-order valence-electron chi connectivity index (χ4n) is 5.03. The van der Waals surface area contributed by atoms with E-state index in [0.717, 1.165) is 23.9 Å². The largest absolute Gasteiger partial charge is 0.339 e. The Kier molecular flexibility index (Phi) is 6.03. The molecule has 0 saturated heterocycles. The van der Waals surface area contributed by atoms with Gasteiger partial charge in [0.15, 0.2) is 0 Å². The molecule has 1 aliphatic carbocycles. The maximum Gasteiger partial charge on any atom is 0.319 e. The summed E-state index contributed by atoms with van der Waals surface area (Å²) in [4.78, 5) is 17.3. The average Bonchev–Trinajstić information content (AvgIpc) is 3.40. The van der Waals surface area contributed by atoms with Crippen LogP contribution in [0.1, 0.15) is 76.3 Å². The molecule has 5 nitrogen and oxygen atoms in total. The van der Waals surface area contributed by atoms with E-state index in [-0.39, 0.29) is 11.6 Å². The van der Waals surface area contributed by atoms with E-state index in [1.54, 1.807) is 0 Å². The number of hydrogen-bond donors (Lipinski definition) is 2. The van der Waals surface area contributed by atoms with Crippen LogP contribution in [0.3, 0.4) is 0 Å². The Morgan fingerprint density at radius 1 is 1.06 bits per heavy atom. The minimum absolute atomic E-state index is 0.0844. The zero-order chi connectivity index (χ0) is 22.0. The molecule has 4 rings (SSSR count). The number of rotatable bonds is 6. The van der Waals surface area contributed by atoms with Gasteiger partial charge in [0, 0.05) is 36.2 Å². The molecular formula is C26H34N4O. The Bertz CT molecular complexity index is 1030. The normalized spacial score (nSPS) is 15.7. The lowest BCUT2D eigenvalue weighted by molar-refractivity contribution is 0.239. The predicted octanol–water partition coefficient (Wildman–Crippen LogP) is 6.37. The molecule has 0 spiro atoms. The van der Waals surface area contributed by atoms with Crippen LogP contribution in [-0.4, -0.2) is 22.1 Å². The van der Waals surface area contributed by atoms with Crippen molar-refractivity contribution in [3.05, 3.63) is 60.0 Å². The molecule has 1 fully saturated rings. The summed E-state index contributed by atoms with van der Waals surface area (Å²) >= 11 is 0. The van der Waals surface area contributed by atoms with Gasteiger partial charge in [0.2, 0.25) is 0 Å². The quantitative estimate of drug-likeness (QED) is 0.488. The smallest absolute Gasteiger partial charge is 0.319 e. The number of pyridine rings is 1. The highest BCUT2D eigenvalue weighted by molar-refractivity contribution is 5.91. The van der Waals surface area contributed by atoms with Crippen molar-refractivity contribution in [2.45, 2.75) is 70.8 Å². The second-order valence-electron chi connectivity index (χ2n) is 9.48. The van der Waals surface area contributed by atoms with Crippen LogP contribution in [0.4, 0.5) is 10.5 Å². The first-order valence-electron chi connectivity index (χ1n) is 11.5. The highest BCUT2D eigenvalue weighted by atomic mass is 16.2. The first-order valence-corrected chi connectivity index (χ1v) is 11.5. The van der Waals surface area contributed by atoms with Gasteiger partial charge >= 0.3 is 6.03 Å². The fourth-order valence-corrected chi connectivity index (χ4v) is 5.03. The third kappa shape index (κ3) is 4.18. The number of fused-ring (bicyclic) bond motifs is 1. The molecule has 0 atom stereocenters. The number of anilines is 1. The lowest BCUT2D eigenvalue weighted by Crippen LogP contribution is -2.44. The number of para-hydroxylation sites is 1. The second kappa shape index (κ2) is 8.74. The predicted molar refractivity (Wildman–Crippen MR) is 128 cm³/mol. The Labute approximate surface area is 185 Å². The number of benzene rings is 1. The molecule has 2 heterocycles. The maximum atomic E-state index is 13.1. The SMILES string of the molecule is CC(C)c1cccc(C(C)C)c1NC(=O)NCC1(n2ccc3cnccc32)CCCC1. The van der Waals surface area contributed by atoms with Crippen molar-refractivity contribution in [3.8, 4) is 0 Å². The van der Waals surface area contributed by atoms with Crippen LogP contribution in [0.15, 0.2) is 48.9 Å². The number of urea groups is 1. The Balaban J connectivity index is 1.56. The summed E-state index contributed by atoms with van der Waals surface area (Å²) in [5.74, 6) is 0.685. The number of aromatic nitrogens is 2. The first kappa shape index (κ1) is 21.4. The Morgan fingerprint density at radius 2 is 1.74 bits per heavy atom. The van der Waals surface area contributed by atoms with Crippen LogP contribution in [0.5, 0.6) is 0 Å². The van der Waals surface area contributed by atoms with Gasteiger partial charge in [-0.2, -0.15) is 0 Å². The highest BCUT2D eigenvalue weighted by Crippen LogP contribution is 2.39. The molecule has 2 aromatic heterocycles. The number of nitrogens with zero attached hydrogens (tertiary/aromatic N) is 2. The van der Waals surface area contributed by atoms with Gasteiger partial charge in [-0.15, -0.1) is 0 Å². The molecule has 3 aromatic rings. The number of amides is 2. The molecule has 5 heteroatoms. The van der Waals surface area contributed by atoms with Gasteiger partial charge in [-0.1, -0.05) is 58.7 Å². The Morgan fingerprint density at radius 3 is 2.39 bits per heavy atom. The van der Waals surface area contributed by atoms with Crippen molar-refractivity contribution in [1.82, 2.24) is 14.9 Å². The van der Waals surface area contributed by atoms with Gasteiger partial charge in [-0.25, -0.2) is 4.79 Å². The van der Waals surface area contributed by atoms with E-state index in [9.17, 15) is 4.79 Å². The van der Waals surface area contributed by atoms with Crippen LogP contribution >= 0.6 is 0 Å². The van der Waals surface area contributed by atoms with Crippen LogP contribution < -0.4 is 10.6 Å². The van der Waals surface area contributed by atoms with E-state index >= 15 is 0 Å². The minimum atomic E-state index is -0.126. The third-order valence-electron chi connectivity index (χ3n) is 6.73. The Hall–Kier alpha value is -2.82. The molecule has 2 amide bonds. The lowest BCUT2D eigenvalue weighted by atomic mass is 9.92. The molecule has 1 aliphatic rings. The van der Waals surface area contributed by atoms with Crippen molar-refractivity contribution in [3.63, 3.8) is 0 Å². The molecule has 0 radical (unpaired) electrons. The van der Waals surface area contributed by atoms with Crippen molar-refractivity contribution < 1.29 is 4.79 Å². The summed E-state index contributed by atoms with van der Waals surface area (Å²) in [5.41, 5.74) is 4.43. The topological polar surface area (TPSA) is 59.0 Å². The summed E-state index contributed by atoms with van der Waals surface area (Å²) in [5, 5.41) is 7.55. The van der Waals surface area contributed by atoms with Gasteiger partial charge < -0.3 is 15.2 Å². The molecule has 1 saturated carbocycles. The van der Waals surface area contributed by atoms with E-state index in [2.05, 4.69) is 84.4 Å². The molecule has 2 N–H and O–H groups in total. The van der Waals surface area contributed by atoms with Crippen LogP contribution in [0.2, 0.25) is 0 Å². The second-order valence-corrected chi connectivity index (χ2v) is 9.48. The molecule has 0 aliphatic heterocycles. The van der Waals surface area contributed by atoms with Crippen LogP contribution in [-0.2, 0) is 5.54 Å². The van der Waals surface area contributed by atoms with Gasteiger partial charge in [0.05, 0.1) is 11.1 Å². The summed E-state index contributed by atoms with van der Waals surface area (Å²) < 4.78 is 2.36. The van der Waals surface area contributed by atoms with E-state index in [1.807, 2.05) is 12.4 Å². The zero-order valence-electron chi connectivity index (χ0n) is 19.1. The first-order chi connectivity index (χ1) is 14.9. The number of carbonyl (C=O) groups excluding carboxylic acids is 1.